The highest BCUT2D eigenvalue weighted by atomic mass is 16.5. The second-order valence-corrected chi connectivity index (χ2v) is 6.26. The highest BCUT2D eigenvalue weighted by Gasteiger charge is 2.51. The molecule has 0 aromatic heterocycles. The van der Waals surface area contributed by atoms with Gasteiger partial charge in [-0.25, -0.2) is 0 Å². The molecule has 24 heavy (non-hydrogen) atoms. The molecule has 0 radical (unpaired) electrons. The number of aryl methyl sites for hydroxylation is 1. The number of nitrogens with one attached hydrogen (secondary N) is 1. The molecule has 2 aromatic carbocycles. The van der Waals surface area contributed by atoms with Crippen molar-refractivity contribution in [3.63, 3.8) is 0 Å². The molecule has 0 spiro atoms. The van der Waals surface area contributed by atoms with Gasteiger partial charge in [-0.2, -0.15) is 0 Å². The number of benzene rings is 2. The molecule has 0 heterocycles. The van der Waals surface area contributed by atoms with E-state index in [1.54, 1.807) is 14.2 Å². The van der Waals surface area contributed by atoms with Crippen LogP contribution < -0.4 is 14.8 Å². The van der Waals surface area contributed by atoms with E-state index in [0.717, 1.165) is 24.0 Å². The summed E-state index contributed by atoms with van der Waals surface area (Å²) in [5, 5.41) is 3.10. The van der Waals surface area contributed by atoms with Crippen LogP contribution in [0.25, 0.3) is 0 Å². The van der Waals surface area contributed by atoms with E-state index in [-0.39, 0.29) is 5.91 Å². The van der Waals surface area contributed by atoms with Crippen molar-refractivity contribution in [3.8, 4) is 11.5 Å². The molecule has 1 fully saturated rings. The van der Waals surface area contributed by atoms with Crippen molar-refractivity contribution >= 4 is 5.91 Å². The summed E-state index contributed by atoms with van der Waals surface area (Å²) < 4.78 is 10.6. The summed E-state index contributed by atoms with van der Waals surface area (Å²) in [7, 11) is 3.22. The molecule has 1 amide bonds. The normalized spacial score (nSPS) is 14.8. The molecule has 1 N–H and O–H groups in total. The van der Waals surface area contributed by atoms with Crippen molar-refractivity contribution < 1.29 is 14.3 Å². The van der Waals surface area contributed by atoms with E-state index in [9.17, 15) is 4.79 Å². The fourth-order valence-corrected chi connectivity index (χ4v) is 3.06. The Kier molecular flexibility index (Phi) is 4.47. The van der Waals surface area contributed by atoms with Crippen LogP contribution in [0.15, 0.2) is 42.5 Å². The SMILES string of the molecule is COc1ccc(C2(C(=O)NCc3ccccc3C)CC2)cc1OC. The molecule has 3 rings (SSSR count). The minimum atomic E-state index is -0.428. The Morgan fingerprint density at radius 3 is 2.42 bits per heavy atom. The number of carbonyl (C=O) groups excluding carboxylic acids is 1. The van der Waals surface area contributed by atoms with Gasteiger partial charge >= 0.3 is 0 Å². The van der Waals surface area contributed by atoms with E-state index in [0.29, 0.717) is 18.0 Å². The van der Waals surface area contributed by atoms with Crippen LogP contribution in [0.1, 0.15) is 29.5 Å². The van der Waals surface area contributed by atoms with Crippen molar-refractivity contribution in [2.45, 2.75) is 31.7 Å². The van der Waals surface area contributed by atoms with Crippen molar-refractivity contribution in [3.05, 3.63) is 59.2 Å². The monoisotopic (exact) mass is 325 g/mol. The Hall–Kier alpha value is -2.49. The average Bonchev–Trinajstić information content (AvgIpc) is 3.42. The maximum absolute atomic E-state index is 12.8. The third-order valence-corrected chi connectivity index (χ3v) is 4.82. The highest BCUT2D eigenvalue weighted by molar-refractivity contribution is 5.91. The van der Waals surface area contributed by atoms with E-state index in [2.05, 4.69) is 18.3 Å². The molecule has 4 nitrogen and oxygen atoms in total. The van der Waals surface area contributed by atoms with Gasteiger partial charge in [0.25, 0.3) is 0 Å². The van der Waals surface area contributed by atoms with Crippen LogP contribution in [0, 0.1) is 6.92 Å². The minimum absolute atomic E-state index is 0.0815. The molecule has 1 saturated carbocycles. The highest BCUT2D eigenvalue weighted by Crippen LogP contribution is 2.50. The minimum Gasteiger partial charge on any atom is -0.493 e. The van der Waals surface area contributed by atoms with Crippen LogP contribution in [-0.2, 0) is 16.8 Å². The zero-order chi connectivity index (χ0) is 17.2. The van der Waals surface area contributed by atoms with Crippen LogP contribution in [0.3, 0.4) is 0 Å². The molecule has 0 bridgehead atoms. The van der Waals surface area contributed by atoms with Crippen LogP contribution in [0.5, 0.6) is 11.5 Å². The van der Waals surface area contributed by atoms with E-state index in [4.69, 9.17) is 9.47 Å². The number of hydrogen-bond donors (Lipinski definition) is 1. The molecule has 0 atom stereocenters. The first kappa shape index (κ1) is 16.4. The Balaban J connectivity index is 1.76. The number of methoxy groups -OCH3 is 2. The lowest BCUT2D eigenvalue weighted by atomic mass is 9.94. The summed E-state index contributed by atoms with van der Waals surface area (Å²) in [6.45, 7) is 2.61. The summed E-state index contributed by atoms with van der Waals surface area (Å²) in [6, 6.07) is 13.8. The zero-order valence-electron chi connectivity index (χ0n) is 14.4. The van der Waals surface area contributed by atoms with Gasteiger partial charge in [-0.3, -0.25) is 4.79 Å². The Labute approximate surface area is 142 Å². The van der Waals surface area contributed by atoms with Gasteiger partial charge in [0.15, 0.2) is 11.5 Å². The first-order valence-corrected chi connectivity index (χ1v) is 8.16. The summed E-state index contributed by atoms with van der Waals surface area (Å²) in [6.07, 6.45) is 1.73. The van der Waals surface area contributed by atoms with Gasteiger partial charge in [0.2, 0.25) is 5.91 Å². The molecule has 1 aliphatic rings. The van der Waals surface area contributed by atoms with Crippen molar-refractivity contribution in [2.75, 3.05) is 14.2 Å². The van der Waals surface area contributed by atoms with E-state index in [1.807, 2.05) is 36.4 Å². The van der Waals surface area contributed by atoms with Gasteiger partial charge in [-0.05, 0) is 48.6 Å². The number of rotatable bonds is 6. The molecule has 4 heteroatoms. The van der Waals surface area contributed by atoms with Crippen LogP contribution >= 0.6 is 0 Å². The lowest BCUT2D eigenvalue weighted by Crippen LogP contribution is -2.34. The third kappa shape index (κ3) is 2.96. The molecule has 0 unspecified atom stereocenters. The number of carbonyl (C=O) groups is 1. The molecular formula is C20H23NO3. The van der Waals surface area contributed by atoms with Gasteiger partial charge < -0.3 is 14.8 Å². The van der Waals surface area contributed by atoms with Gasteiger partial charge in [0.1, 0.15) is 0 Å². The summed E-state index contributed by atoms with van der Waals surface area (Å²) >= 11 is 0. The fourth-order valence-electron chi connectivity index (χ4n) is 3.06. The second-order valence-electron chi connectivity index (χ2n) is 6.26. The van der Waals surface area contributed by atoms with E-state index < -0.39 is 5.41 Å². The summed E-state index contributed by atoms with van der Waals surface area (Å²) in [5.74, 6) is 1.42. The maximum Gasteiger partial charge on any atom is 0.230 e. The smallest absolute Gasteiger partial charge is 0.230 e. The Morgan fingerprint density at radius 2 is 1.79 bits per heavy atom. The molecule has 2 aromatic rings. The number of amides is 1. The molecule has 126 valence electrons. The summed E-state index contributed by atoms with van der Waals surface area (Å²) in [4.78, 5) is 12.8. The third-order valence-electron chi connectivity index (χ3n) is 4.82. The van der Waals surface area contributed by atoms with Gasteiger partial charge in [-0.1, -0.05) is 30.3 Å². The predicted octanol–water partition coefficient (Wildman–Crippen LogP) is 3.36. The number of ether oxygens (including phenoxy) is 2. The van der Waals surface area contributed by atoms with Crippen molar-refractivity contribution in [1.29, 1.82) is 0 Å². The number of hydrogen-bond acceptors (Lipinski definition) is 3. The lowest BCUT2D eigenvalue weighted by Gasteiger charge is -2.18. The van der Waals surface area contributed by atoms with Gasteiger partial charge in [-0.15, -0.1) is 0 Å². The largest absolute Gasteiger partial charge is 0.493 e. The standard InChI is InChI=1S/C20H23NO3/c1-14-6-4-5-7-15(14)13-21-19(22)20(10-11-20)16-8-9-17(23-2)18(12-16)24-3/h4-9,12H,10-11,13H2,1-3H3,(H,21,22). The van der Waals surface area contributed by atoms with Gasteiger partial charge in [0.05, 0.1) is 19.6 Å². The summed E-state index contributed by atoms with van der Waals surface area (Å²) in [5.41, 5.74) is 2.90. The Bertz CT molecular complexity index is 750. The van der Waals surface area contributed by atoms with Crippen LogP contribution in [-0.4, -0.2) is 20.1 Å². The van der Waals surface area contributed by atoms with Crippen molar-refractivity contribution in [1.82, 2.24) is 5.32 Å². The van der Waals surface area contributed by atoms with Crippen LogP contribution in [0.4, 0.5) is 0 Å². The molecule has 0 saturated heterocycles. The van der Waals surface area contributed by atoms with E-state index in [1.165, 1.54) is 5.56 Å². The fraction of sp³-hybridized carbons (Fsp3) is 0.350. The topological polar surface area (TPSA) is 47.6 Å². The Morgan fingerprint density at radius 1 is 1.08 bits per heavy atom. The van der Waals surface area contributed by atoms with Crippen LogP contribution in [0.2, 0.25) is 0 Å². The maximum atomic E-state index is 12.8. The first-order valence-electron chi connectivity index (χ1n) is 8.16. The average molecular weight is 325 g/mol. The molecule has 0 aliphatic heterocycles. The molecular weight excluding hydrogens is 302 g/mol. The predicted molar refractivity (Wildman–Crippen MR) is 93.5 cm³/mol. The van der Waals surface area contributed by atoms with E-state index >= 15 is 0 Å². The lowest BCUT2D eigenvalue weighted by molar-refractivity contribution is -0.123. The quantitative estimate of drug-likeness (QED) is 0.886. The van der Waals surface area contributed by atoms with Crippen molar-refractivity contribution in [2.24, 2.45) is 0 Å². The molecule has 1 aliphatic carbocycles. The zero-order valence-corrected chi connectivity index (χ0v) is 14.4. The van der Waals surface area contributed by atoms with Gasteiger partial charge in [0, 0.05) is 6.54 Å². The second kappa shape index (κ2) is 6.56. The first-order chi connectivity index (χ1) is 11.6.